The smallest absolute Gasteiger partial charge is 0.257 e. The molecule has 0 aliphatic carbocycles. The number of rotatable bonds is 3. The normalized spacial score (nSPS) is 20.8. The number of benzene rings is 1. The van der Waals surface area contributed by atoms with Gasteiger partial charge >= 0.3 is 0 Å². The molecule has 2 aliphatic rings. The molecule has 1 unspecified atom stereocenters. The number of pyridine rings is 1. The first kappa shape index (κ1) is 17.0. The van der Waals surface area contributed by atoms with Crippen molar-refractivity contribution in [3.63, 3.8) is 0 Å². The van der Waals surface area contributed by atoms with E-state index in [0.717, 1.165) is 24.5 Å². The minimum atomic E-state index is -0.0857. The Morgan fingerprint density at radius 1 is 1.00 bits per heavy atom. The second-order valence-electron chi connectivity index (χ2n) is 6.50. The molecule has 1 aromatic heterocycles. The summed E-state index contributed by atoms with van der Waals surface area (Å²) >= 11 is 0. The molecule has 2 fully saturated rings. The van der Waals surface area contributed by atoms with Gasteiger partial charge in [-0.25, -0.2) is 4.98 Å². The number of carbonyl (C=O) groups excluding carboxylic acids is 1. The molecule has 136 valence electrons. The van der Waals surface area contributed by atoms with E-state index < -0.39 is 0 Å². The number of anilines is 1. The Labute approximate surface area is 153 Å². The lowest BCUT2D eigenvalue weighted by Gasteiger charge is -2.34. The molecule has 1 atom stereocenters. The van der Waals surface area contributed by atoms with Crippen LogP contribution in [-0.4, -0.2) is 61.8 Å². The molecule has 1 aromatic carbocycles. The van der Waals surface area contributed by atoms with E-state index in [9.17, 15) is 4.79 Å². The molecule has 2 saturated heterocycles. The molecule has 0 radical (unpaired) electrons. The summed E-state index contributed by atoms with van der Waals surface area (Å²) in [6, 6.07) is 13.8. The molecule has 26 heavy (non-hydrogen) atoms. The maximum Gasteiger partial charge on any atom is 0.257 e. The Kier molecular flexibility index (Phi) is 5.13. The van der Waals surface area contributed by atoms with Crippen LogP contribution in [0.3, 0.4) is 0 Å². The Hall–Kier alpha value is -2.44. The summed E-state index contributed by atoms with van der Waals surface area (Å²) < 4.78 is 11.3. The molecule has 0 spiro atoms. The van der Waals surface area contributed by atoms with E-state index in [1.54, 1.807) is 6.20 Å². The molecule has 6 heteroatoms. The van der Waals surface area contributed by atoms with Crippen molar-refractivity contribution >= 4 is 11.7 Å². The van der Waals surface area contributed by atoms with Crippen molar-refractivity contribution in [2.45, 2.75) is 6.10 Å². The molecule has 3 heterocycles. The van der Waals surface area contributed by atoms with E-state index in [4.69, 9.17) is 9.47 Å². The SMILES string of the molecule is O=C(c1cccnc1N1CCOCC1)N1CCOC(c2ccccc2)C1. The average Bonchev–Trinajstić information content (AvgIpc) is 2.74. The van der Waals surface area contributed by atoms with Crippen LogP contribution in [0.15, 0.2) is 48.7 Å². The molecule has 4 rings (SSSR count). The molecule has 2 aromatic rings. The van der Waals surface area contributed by atoms with Crippen molar-refractivity contribution in [1.82, 2.24) is 9.88 Å². The van der Waals surface area contributed by atoms with Crippen LogP contribution in [0.25, 0.3) is 0 Å². The highest BCUT2D eigenvalue weighted by molar-refractivity contribution is 5.99. The largest absolute Gasteiger partial charge is 0.378 e. The number of morpholine rings is 2. The summed E-state index contributed by atoms with van der Waals surface area (Å²) in [5, 5.41) is 0. The van der Waals surface area contributed by atoms with Gasteiger partial charge in [0.05, 0.1) is 31.9 Å². The molecular formula is C20H23N3O3. The summed E-state index contributed by atoms with van der Waals surface area (Å²) in [5.74, 6) is 0.771. The summed E-state index contributed by atoms with van der Waals surface area (Å²) in [4.78, 5) is 21.7. The predicted molar refractivity (Wildman–Crippen MR) is 98.3 cm³/mol. The molecule has 0 N–H and O–H groups in total. The fourth-order valence-corrected chi connectivity index (χ4v) is 3.46. The van der Waals surface area contributed by atoms with Gasteiger partial charge in [0.25, 0.3) is 5.91 Å². The molecule has 1 amide bonds. The summed E-state index contributed by atoms with van der Waals surface area (Å²) in [5.41, 5.74) is 1.76. The van der Waals surface area contributed by atoms with Gasteiger partial charge in [-0.2, -0.15) is 0 Å². The van der Waals surface area contributed by atoms with Crippen LogP contribution in [-0.2, 0) is 9.47 Å². The lowest BCUT2D eigenvalue weighted by molar-refractivity contribution is -0.0228. The highest BCUT2D eigenvalue weighted by Gasteiger charge is 2.29. The number of hydrogen-bond acceptors (Lipinski definition) is 5. The average molecular weight is 353 g/mol. The van der Waals surface area contributed by atoms with Gasteiger partial charge < -0.3 is 19.3 Å². The third-order valence-corrected chi connectivity index (χ3v) is 4.85. The summed E-state index contributed by atoms with van der Waals surface area (Å²) in [6.07, 6.45) is 1.66. The monoisotopic (exact) mass is 353 g/mol. The fraction of sp³-hybridized carbons (Fsp3) is 0.400. The minimum Gasteiger partial charge on any atom is -0.378 e. The van der Waals surface area contributed by atoms with E-state index in [0.29, 0.717) is 38.5 Å². The van der Waals surface area contributed by atoms with Gasteiger partial charge in [0, 0.05) is 25.8 Å². The summed E-state index contributed by atoms with van der Waals surface area (Å²) in [7, 11) is 0. The number of amides is 1. The maximum atomic E-state index is 13.2. The van der Waals surface area contributed by atoms with Crippen molar-refractivity contribution in [1.29, 1.82) is 0 Å². The van der Waals surface area contributed by atoms with Gasteiger partial charge in [0.15, 0.2) is 0 Å². The molecular weight excluding hydrogens is 330 g/mol. The van der Waals surface area contributed by atoms with Crippen molar-refractivity contribution in [3.8, 4) is 0 Å². The lowest BCUT2D eigenvalue weighted by Crippen LogP contribution is -2.43. The van der Waals surface area contributed by atoms with Crippen LogP contribution < -0.4 is 4.90 Å². The van der Waals surface area contributed by atoms with Gasteiger partial charge in [0.1, 0.15) is 11.9 Å². The fourth-order valence-electron chi connectivity index (χ4n) is 3.46. The highest BCUT2D eigenvalue weighted by atomic mass is 16.5. The van der Waals surface area contributed by atoms with Crippen LogP contribution >= 0.6 is 0 Å². The maximum absolute atomic E-state index is 13.2. The van der Waals surface area contributed by atoms with Crippen molar-refractivity contribution < 1.29 is 14.3 Å². The topological polar surface area (TPSA) is 54.9 Å². The van der Waals surface area contributed by atoms with Gasteiger partial charge in [-0.15, -0.1) is 0 Å². The lowest BCUT2D eigenvalue weighted by atomic mass is 10.1. The third-order valence-electron chi connectivity index (χ3n) is 4.85. The Morgan fingerprint density at radius 2 is 1.81 bits per heavy atom. The van der Waals surface area contributed by atoms with Gasteiger partial charge in [-0.05, 0) is 17.7 Å². The molecule has 2 aliphatic heterocycles. The van der Waals surface area contributed by atoms with Gasteiger partial charge in [-0.1, -0.05) is 30.3 Å². The Balaban J connectivity index is 1.54. The predicted octanol–water partition coefficient (Wildman–Crippen LogP) is 2.13. The second kappa shape index (κ2) is 7.85. The quantitative estimate of drug-likeness (QED) is 0.846. The van der Waals surface area contributed by atoms with Gasteiger partial charge in [-0.3, -0.25) is 4.79 Å². The van der Waals surface area contributed by atoms with Crippen molar-refractivity contribution in [2.24, 2.45) is 0 Å². The number of ether oxygens (including phenoxy) is 2. The van der Waals surface area contributed by atoms with Crippen LogP contribution in [0.1, 0.15) is 22.0 Å². The van der Waals surface area contributed by atoms with Crippen LogP contribution in [0.2, 0.25) is 0 Å². The number of aromatic nitrogens is 1. The van der Waals surface area contributed by atoms with Gasteiger partial charge in [0.2, 0.25) is 0 Å². The van der Waals surface area contributed by atoms with E-state index in [1.165, 1.54) is 0 Å². The molecule has 0 saturated carbocycles. The second-order valence-corrected chi connectivity index (χ2v) is 6.50. The Bertz CT molecular complexity index is 747. The molecule has 0 bridgehead atoms. The third kappa shape index (κ3) is 3.57. The highest BCUT2D eigenvalue weighted by Crippen LogP contribution is 2.25. The Morgan fingerprint density at radius 3 is 2.62 bits per heavy atom. The first-order valence-corrected chi connectivity index (χ1v) is 9.06. The van der Waals surface area contributed by atoms with Crippen LogP contribution in [0.5, 0.6) is 0 Å². The zero-order valence-electron chi connectivity index (χ0n) is 14.7. The minimum absolute atomic E-state index is 0.0174. The van der Waals surface area contributed by atoms with Crippen LogP contribution in [0.4, 0.5) is 5.82 Å². The van der Waals surface area contributed by atoms with Crippen LogP contribution in [0, 0.1) is 0 Å². The van der Waals surface area contributed by atoms with E-state index >= 15 is 0 Å². The first-order chi connectivity index (χ1) is 12.8. The first-order valence-electron chi connectivity index (χ1n) is 9.06. The molecule has 6 nitrogen and oxygen atoms in total. The number of nitrogens with zero attached hydrogens (tertiary/aromatic N) is 3. The number of hydrogen-bond donors (Lipinski definition) is 0. The standard InChI is InChI=1S/C20H23N3O3/c24-20(17-7-4-8-21-19(17)22-9-12-25-13-10-22)23-11-14-26-18(15-23)16-5-2-1-3-6-16/h1-8,18H,9-15H2. The summed E-state index contributed by atoms with van der Waals surface area (Å²) in [6.45, 7) is 4.54. The van der Waals surface area contributed by atoms with Crippen molar-refractivity contribution in [2.75, 3.05) is 50.9 Å². The van der Waals surface area contributed by atoms with E-state index in [-0.39, 0.29) is 12.0 Å². The van der Waals surface area contributed by atoms with E-state index in [2.05, 4.69) is 9.88 Å². The zero-order chi connectivity index (χ0) is 17.8. The van der Waals surface area contributed by atoms with E-state index in [1.807, 2.05) is 47.4 Å². The number of carbonyl (C=O) groups is 1. The van der Waals surface area contributed by atoms with Crippen molar-refractivity contribution in [3.05, 3.63) is 59.8 Å². The zero-order valence-corrected chi connectivity index (χ0v) is 14.7.